The number of carbonyl (C=O) groups is 1. The minimum absolute atomic E-state index is 0.0652. The number of carbonyl (C=O) groups excluding carboxylic acids is 1. The number of alkyl halides is 1. The Morgan fingerprint density at radius 3 is 2.76 bits per heavy atom. The summed E-state index contributed by atoms with van der Waals surface area (Å²) in [5, 5.41) is 0.919. The summed E-state index contributed by atoms with van der Waals surface area (Å²) in [6.45, 7) is 2.07. The first-order valence-corrected chi connectivity index (χ1v) is 7.21. The molecule has 0 spiro atoms. The molecule has 0 aliphatic rings. The summed E-state index contributed by atoms with van der Waals surface area (Å²) in [4.78, 5) is 11.1. The van der Waals surface area contributed by atoms with Gasteiger partial charge in [-0.3, -0.25) is 0 Å². The smallest absolute Gasteiger partial charge is 0.344 e. The molecule has 0 bridgehead atoms. The SMILES string of the molecule is CCOC(=O)COc1ccc(CCBr)cc1Br. The van der Waals surface area contributed by atoms with E-state index in [1.54, 1.807) is 6.92 Å². The van der Waals surface area contributed by atoms with E-state index in [1.165, 1.54) is 5.56 Å². The highest BCUT2D eigenvalue weighted by Crippen LogP contribution is 2.26. The fraction of sp³-hybridized carbons (Fsp3) is 0.417. The molecule has 0 saturated carbocycles. The van der Waals surface area contributed by atoms with Gasteiger partial charge in [-0.25, -0.2) is 4.79 Å². The van der Waals surface area contributed by atoms with Gasteiger partial charge in [-0.2, -0.15) is 0 Å². The molecule has 0 radical (unpaired) electrons. The summed E-state index contributed by atoms with van der Waals surface area (Å²) in [7, 11) is 0. The van der Waals surface area contributed by atoms with Crippen LogP contribution in [0.1, 0.15) is 12.5 Å². The molecule has 0 N–H and O–H groups in total. The van der Waals surface area contributed by atoms with E-state index in [4.69, 9.17) is 9.47 Å². The average molecular weight is 366 g/mol. The summed E-state index contributed by atoms with van der Waals surface area (Å²) < 4.78 is 11.0. The van der Waals surface area contributed by atoms with Gasteiger partial charge in [0.2, 0.25) is 0 Å². The zero-order valence-corrected chi connectivity index (χ0v) is 12.7. The molecule has 0 aliphatic heterocycles. The molecule has 1 aromatic carbocycles. The molecule has 0 amide bonds. The van der Waals surface area contributed by atoms with Crippen molar-refractivity contribution in [2.75, 3.05) is 18.5 Å². The third-order valence-corrected chi connectivity index (χ3v) is 3.05. The van der Waals surface area contributed by atoms with Crippen molar-refractivity contribution >= 4 is 37.8 Å². The van der Waals surface area contributed by atoms with Gasteiger partial charge in [0.1, 0.15) is 5.75 Å². The first kappa shape index (κ1) is 14.5. The minimum Gasteiger partial charge on any atom is -0.481 e. The van der Waals surface area contributed by atoms with Gasteiger partial charge in [0, 0.05) is 5.33 Å². The number of benzene rings is 1. The molecule has 0 atom stereocenters. The molecule has 17 heavy (non-hydrogen) atoms. The molecule has 0 heterocycles. The van der Waals surface area contributed by atoms with Crippen molar-refractivity contribution in [3.63, 3.8) is 0 Å². The van der Waals surface area contributed by atoms with E-state index in [0.29, 0.717) is 12.4 Å². The maximum absolute atomic E-state index is 11.1. The van der Waals surface area contributed by atoms with E-state index in [0.717, 1.165) is 16.2 Å². The molecule has 0 unspecified atom stereocenters. The van der Waals surface area contributed by atoms with Gasteiger partial charge in [-0.1, -0.05) is 22.0 Å². The van der Waals surface area contributed by atoms with Crippen LogP contribution < -0.4 is 4.74 Å². The fourth-order valence-electron chi connectivity index (χ4n) is 1.27. The largest absolute Gasteiger partial charge is 0.481 e. The van der Waals surface area contributed by atoms with Crippen LogP contribution in [0.4, 0.5) is 0 Å². The first-order chi connectivity index (χ1) is 8.17. The Balaban J connectivity index is 2.57. The molecular weight excluding hydrogens is 352 g/mol. The van der Waals surface area contributed by atoms with Crippen LogP contribution in [0.25, 0.3) is 0 Å². The van der Waals surface area contributed by atoms with Crippen LogP contribution in [0.3, 0.4) is 0 Å². The third-order valence-electron chi connectivity index (χ3n) is 2.03. The van der Waals surface area contributed by atoms with Crippen molar-refractivity contribution in [2.24, 2.45) is 0 Å². The molecule has 1 aromatic rings. The normalized spacial score (nSPS) is 10.1. The lowest BCUT2D eigenvalue weighted by molar-refractivity contribution is -0.145. The van der Waals surface area contributed by atoms with Gasteiger partial charge < -0.3 is 9.47 Å². The first-order valence-electron chi connectivity index (χ1n) is 5.30. The quantitative estimate of drug-likeness (QED) is 0.573. The molecule has 0 fully saturated rings. The van der Waals surface area contributed by atoms with E-state index in [2.05, 4.69) is 31.9 Å². The summed E-state index contributed by atoms with van der Waals surface area (Å²) >= 11 is 6.80. The highest BCUT2D eigenvalue weighted by Gasteiger charge is 2.06. The van der Waals surface area contributed by atoms with Crippen LogP contribution in [0, 0.1) is 0 Å². The number of esters is 1. The van der Waals surface area contributed by atoms with E-state index >= 15 is 0 Å². The molecule has 3 nitrogen and oxygen atoms in total. The van der Waals surface area contributed by atoms with Crippen molar-refractivity contribution in [3.05, 3.63) is 28.2 Å². The van der Waals surface area contributed by atoms with Crippen LogP contribution in [0.5, 0.6) is 5.75 Å². The second-order valence-corrected chi connectivity index (χ2v) is 4.94. The Morgan fingerprint density at radius 2 is 2.18 bits per heavy atom. The van der Waals surface area contributed by atoms with E-state index in [-0.39, 0.29) is 12.6 Å². The predicted molar refractivity (Wildman–Crippen MR) is 73.8 cm³/mol. The van der Waals surface area contributed by atoms with Crippen molar-refractivity contribution in [1.82, 2.24) is 0 Å². The van der Waals surface area contributed by atoms with Gasteiger partial charge in [0.25, 0.3) is 0 Å². The number of hydrogen-bond donors (Lipinski definition) is 0. The molecule has 94 valence electrons. The summed E-state index contributed by atoms with van der Waals surface area (Å²) in [6, 6.07) is 5.82. The Bertz CT molecular complexity index is 380. The van der Waals surface area contributed by atoms with Gasteiger partial charge >= 0.3 is 5.97 Å². The topological polar surface area (TPSA) is 35.5 Å². The van der Waals surface area contributed by atoms with Crippen LogP contribution in [-0.2, 0) is 16.0 Å². The van der Waals surface area contributed by atoms with Gasteiger partial charge in [0.05, 0.1) is 11.1 Å². The maximum atomic E-state index is 11.1. The van der Waals surface area contributed by atoms with E-state index < -0.39 is 0 Å². The van der Waals surface area contributed by atoms with E-state index in [9.17, 15) is 4.79 Å². The van der Waals surface area contributed by atoms with Crippen LogP contribution >= 0.6 is 31.9 Å². The molecular formula is C12H14Br2O3. The lowest BCUT2D eigenvalue weighted by Gasteiger charge is -2.08. The summed E-state index contributed by atoms with van der Waals surface area (Å²) in [5.41, 5.74) is 1.21. The van der Waals surface area contributed by atoms with Crippen LogP contribution in [0.2, 0.25) is 0 Å². The molecule has 5 heteroatoms. The lowest BCUT2D eigenvalue weighted by Crippen LogP contribution is -2.14. The summed E-state index contributed by atoms with van der Waals surface area (Å²) in [6.07, 6.45) is 0.955. The Morgan fingerprint density at radius 1 is 1.41 bits per heavy atom. The van der Waals surface area contributed by atoms with Gasteiger partial charge in [-0.15, -0.1) is 0 Å². The highest BCUT2D eigenvalue weighted by atomic mass is 79.9. The van der Waals surface area contributed by atoms with Gasteiger partial charge in [0.15, 0.2) is 6.61 Å². The standard InChI is InChI=1S/C12H14Br2O3/c1-2-16-12(15)8-17-11-4-3-9(5-6-13)7-10(11)14/h3-4,7H,2,5-6,8H2,1H3. The second-order valence-electron chi connectivity index (χ2n) is 3.30. The average Bonchev–Trinajstić information content (AvgIpc) is 2.29. The predicted octanol–water partition coefficient (Wildman–Crippen LogP) is 3.33. The van der Waals surface area contributed by atoms with Crippen molar-refractivity contribution < 1.29 is 14.3 Å². The molecule has 0 saturated heterocycles. The fourth-order valence-corrected chi connectivity index (χ4v) is 2.26. The van der Waals surface area contributed by atoms with Crippen LogP contribution in [-0.4, -0.2) is 24.5 Å². The number of ether oxygens (including phenoxy) is 2. The Hall–Kier alpha value is -0.550. The molecule has 1 rings (SSSR count). The second kappa shape index (κ2) is 7.71. The van der Waals surface area contributed by atoms with Crippen LogP contribution in [0.15, 0.2) is 22.7 Å². The number of hydrogen-bond acceptors (Lipinski definition) is 3. The number of halogens is 2. The van der Waals surface area contributed by atoms with E-state index in [1.807, 2.05) is 18.2 Å². The van der Waals surface area contributed by atoms with Crippen molar-refractivity contribution in [2.45, 2.75) is 13.3 Å². The Kier molecular flexibility index (Phi) is 6.58. The highest BCUT2D eigenvalue weighted by molar-refractivity contribution is 9.10. The maximum Gasteiger partial charge on any atom is 0.344 e. The number of aryl methyl sites for hydroxylation is 1. The van der Waals surface area contributed by atoms with Crippen molar-refractivity contribution in [3.8, 4) is 5.75 Å². The third kappa shape index (κ3) is 5.08. The zero-order valence-electron chi connectivity index (χ0n) is 9.54. The van der Waals surface area contributed by atoms with Crippen molar-refractivity contribution in [1.29, 1.82) is 0 Å². The van der Waals surface area contributed by atoms with Gasteiger partial charge in [-0.05, 0) is 47.0 Å². The Labute approximate surface area is 118 Å². The molecule has 0 aromatic heterocycles. The zero-order chi connectivity index (χ0) is 12.7. The minimum atomic E-state index is -0.357. The number of rotatable bonds is 6. The monoisotopic (exact) mass is 364 g/mol. The lowest BCUT2D eigenvalue weighted by atomic mass is 10.2. The molecule has 0 aliphatic carbocycles. The summed E-state index contributed by atoms with van der Waals surface area (Å²) in [5.74, 6) is 0.292.